The standard InChI is InChI=1S/C32H34F3N3O4/c1-4-38(21(3)39)28-16-24(15-26-20(2)19-42-30(26)28)31(41)37-27(14-22-9-6-5-7-10-22)29(40)18-36-17-23-11-8-12-25(13-23)32(33,34)35/h5-13,15-16,19,27,29,36,40H,4,14,17-18H2,1-3H3,(H,37,41). The average molecular weight is 582 g/mol. The van der Waals surface area contributed by atoms with Gasteiger partial charge in [-0.15, -0.1) is 0 Å². The first-order chi connectivity index (χ1) is 20.0. The number of benzene rings is 3. The summed E-state index contributed by atoms with van der Waals surface area (Å²) in [7, 11) is 0. The van der Waals surface area contributed by atoms with Crippen molar-refractivity contribution < 1.29 is 32.3 Å². The highest BCUT2D eigenvalue weighted by atomic mass is 19.4. The molecule has 0 fully saturated rings. The van der Waals surface area contributed by atoms with Crippen LogP contribution in [-0.4, -0.2) is 42.2 Å². The van der Waals surface area contributed by atoms with E-state index in [-0.39, 0.29) is 19.0 Å². The normalized spacial score (nSPS) is 13.1. The Kier molecular flexibility index (Phi) is 9.70. The van der Waals surface area contributed by atoms with E-state index in [0.29, 0.717) is 40.7 Å². The van der Waals surface area contributed by atoms with Gasteiger partial charge in [-0.05, 0) is 55.2 Å². The van der Waals surface area contributed by atoms with Crippen molar-refractivity contribution in [1.29, 1.82) is 0 Å². The highest BCUT2D eigenvalue weighted by Gasteiger charge is 2.30. The maximum absolute atomic E-state index is 13.6. The number of alkyl halides is 3. The van der Waals surface area contributed by atoms with Crippen LogP contribution >= 0.6 is 0 Å². The molecule has 3 N–H and O–H groups in total. The molecule has 0 aliphatic heterocycles. The fraction of sp³-hybridized carbons (Fsp3) is 0.312. The van der Waals surface area contributed by atoms with E-state index in [9.17, 15) is 27.9 Å². The van der Waals surface area contributed by atoms with Crippen molar-refractivity contribution in [3.63, 3.8) is 0 Å². The average Bonchev–Trinajstić information content (AvgIpc) is 3.33. The zero-order valence-corrected chi connectivity index (χ0v) is 23.7. The first kappa shape index (κ1) is 30.8. The van der Waals surface area contributed by atoms with Crippen molar-refractivity contribution in [3.8, 4) is 0 Å². The van der Waals surface area contributed by atoms with E-state index in [1.54, 1.807) is 24.5 Å². The topological polar surface area (TPSA) is 94.8 Å². The number of furan rings is 1. The van der Waals surface area contributed by atoms with E-state index < -0.39 is 29.8 Å². The Morgan fingerprint density at radius 1 is 1.02 bits per heavy atom. The van der Waals surface area contributed by atoms with Crippen molar-refractivity contribution >= 4 is 28.5 Å². The molecule has 42 heavy (non-hydrogen) atoms. The van der Waals surface area contributed by atoms with Gasteiger partial charge >= 0.3 is 6.18 Å². The van der Waals surface area contributed by atoms with Crippen molar-refractivity contribution in [2.24, 2.45) is 0 Å². The van der Waals surface area contributed by atoms with Gasteiger partial charge in [-0.25, -0.2) is 0 Å². The summed E-state index contributed by atoms with van der Waals surface area (Å²) in [4.78, 5) is 27.5. The van der Waals surface area contributed by atoms with Crippen molar-refractivity contribution in [1.82, 2.24) is 10.6 Å². The Labute approximate surface area is 242 Å². The van der Waals surface area contributed by atoms with Crippen LogP contribution in [0.1, 0.15) is 46.5 Å². The van der Waals surface area contributed by atoms with Crippen LogP contribution < -0.4 is 15.5 Å². The molecule has 0 spiro atoms. The van der Waals surface area contributed by atoms with Crippen molar-refractivity contribution in [2.75, 3.05) is 18.0 Å². The fourth-order valence-corrected chi connectivity index (χ4v) is 4.90. The van der Waals surface area contributed by atoms with Gasteiger partial charge in [-0.1, -0.05) is 48.5 Å². The number of fused-ring (bicyclic) bond motifs is 1. The van der Waals surface area contributed by atoms with Crippen LogP contribution in [-0.2, 0) is 23.9 Å². The van der Waals surface area contributed by atoms with Crippen LogP contribution in [0.25, 0.3) is 11.0 Å². The first-order valence-electron chi connectivity index (χ1n) is 13.7. The molecule has 4 aromatic rings. The second-order valence-corrected chi connectivity index (χ2v) is 10.2. The smallest absolute Gasteiger partial charge is 0.416 e. The Balaban J connectivity index is 1.55. The molecule has 1 aromatic heterocycles. The lowest BCUT2D eigenvalue weighted by molar-refractivity contribution is -0.137. The number of aryl methyl sites for hydroxylation is 1. The predicted octanol–water partition coefficient (Wildman–Crippen LogP) is 5.62. The summed E-state index contributed by atoms with van der Waals surface area (Å²) >= 11 is 0. The Hall–Kier alpha value is -4.15. The summed E-state index contributed by atoms with van der Waals surface area (Å²) < 4.78 is 45.0. The number of nitrogens with zero attached hydrogens (tertiary/aromatic N) is 1. The molecule has 2 unspecified atom stereocenters. The molecule has 0 radical (unpaired) electrons. The first-order valence-corrected chi connectivity index (χ1v) is 13.7. The number of carbonyl (C=O) groups is 2. The van der Waals surface area contributed by atoms with Gasteiger partial charge in [0.2, 0.25) is 5.91 Å². The second kappa shape index (κ2) is 13.2. The minimum Gasteiger partial charge on any atom is -0.462 e. The van der Waals surface area contributed by atoms with Gasteiger partial charge < -0.3 is 25.1 Å². The Morgan fingerprint density at radius 3 is 2.40 bits per heavy atom. The molecule has 2 amide bonds. The third-order valence-corrected chi connectivity index (χ3v) is 7.11. The number of halogens is 3. The number of hydrogen-bond acceptors (Lipinski definition) is 5. The molecule has 2 atom stereocenters. The zero-order valence-electron chi connectivity index (χ0n) is 23.7. The van der Waals surface area contributed by atoms with Gasteiger partial charge in [-0.2, -0.15) is 13.2 Å². The lowest BCUT2D eigenvalue weighted by atomic mass is 9.99. The summed E-state index contributed by atoms with van der Waals surface area (Å²) in [6.45, 7) is 5.62. The number of anilines is 1. The van der Waals surface area contributed by atoms with Crippen molar-refractivity contribution in [3.05, 3.63) is 101 Å². The molecular weight excluding hydrogens is 547 g/mol. The number of rotatable bonds is 11. The van der Waals surface area contributed by atoms with E-state index in [0.717, 1.165) is 23.3 Å². The molecule has 10 heteroatoms. The summed E-state index contributed by atoms with van der Waals surface area (Å²) in [5.41, 5.74) is 2.64. The molecular formula is C32H34F3N3O4. The summed E-state index contributed by atoms with van der Waals surface area (Å²) in [6, 6.07) is 16.9. The van der Waals surface area contributed by atoms with Gasteiger partial charge in [0, 0.05) is 37.5 Å². The quantitative estimate of drug-likeness (QED) is 0.214. The minimum absolute atomic E-state index is 0.0209. The van der Waals surface area contributed by atoms with Gasteiger partial charge in [0.1, 0.15) is 0 Å². The SMILES string of the molecule is CCN(C(C)=O)c1cc(C(=O)NC(Cc2ccccc2)C(O)CNCc2cccc(C(F)(F)F)c2)cc2c(C)coc12. The van der Waals surface area contributed by atoms with Gasteiger partial charge in [0.15, 0.2) is 5.58 Å². The lowest BCUT2D eigenvalue weighted by Crippen LogP contribution is -2.48. The molecule has 0 saturated carbocycles. The monoisotopic (exact) mass is 581 g/mol. The van der Waals surface area contributed by atoms with Crippen LogP contribution in [0.4, 0.5) is 18.9 Å². The molecule has 0 bridgehead atoms. The summed E-state index contributed by atoms with van der Waals surface area (Å²) in [5.74, 6) is -0.647. The van der Waals surface area contributed by atoms with Gasteiger partial charge in [-0.3, -0.25) is 9.59 Å². The maximum Gasteiger partial charge on any atom is 0.416 e. The van der Waals surface area contributed by atoms with Crippen LogP contribution in [0.3, 0.4) is 0 Å². The van der Waals surface area contributed by atoms with E-state index in [2.05, 4.69) is 10.6 Å². The Morgan fingerprint density at radius 2 is 1.74 bits per heavy atom. The maximum atomic E-state index is 13.6. The zero-order chi connectivity index (χ0) is 30.4. The number of aliphatic hydroxyl groups excluding tert-OH is 1. The molecule has 0 aliphatic carbocycles. The highest BCUT2D eigenvalue weighted by molar-refractivity contribution is 6.06. The molecule has 0 saturated heterocycles. The second-order valence-electron chi connectivity index (χ2n) is 10.2. The van der Waals surface area contributed by atoms with Crippen molar-refractivity contribution in [2.45, 2.75) is 52.1 Å². The lowest BCUT2D eigenvalue weighted by Gasteiger charge is -2.25. The van der Waals surface area contributed by atoms with Crippen LogP contribution in [0.5, 0.6) is 0 Å². The molecule has 3 aromatic carbocycles. The Bertz CT molecular complexity index is 1540. The molecule has 0 aliphatic rings. The largest absolute Gasteiger partial charge is 0.462 e. The third-order valence-electron chi connectivity index (χ3n) is 7.11. The molecule has 7 nitrogen and oxygen atoms in total. The van der Waals surface area contributed by atoms with E-state index in [1.807, 2.05) is 44.2 Å². The number of amides is 2. The van der Waals surface area contributed by atoms with Crippen LogP contribution in [0.15, 0.2) is 77.4 Å². The number of nitrogens with one attached hydrogen (secondary N) is 2. The number of aliphatic hydroxyl groups is 1. The fourth-order valence-electron chi connectivity index (χ4n) is 4.90. The van der Waals surface area contributed by atoms with Gasteiger partial charge in [0.25, 0.3) is 5.91 Å². The minimum atomic E-state index is -4.45. The number of carbonyl (C=O) groups excluding carboxylic acids is 2. The number of hydrogen-bond donors (Lipinski definition) is 3. The molecule has 4 rings (SSSR count). The predicted molar refractivity (Wildman–Crippen MR) is 155 cm³/mol. The highest BCUT2D eigenvalue weighted by Crippen LogP contribution is 2.33. The molecule has 1 heterocycles. The van der Waals surface area contributed by atoms with E-state index in [4.69, 9.17) is 4.42 Å². The van der Waals surface area contributed by atoms with Crippen LogP contribution in [0.2, 0.25) is 0 Å². The molecule has 222 valence electrons. The summed E-state index contributed by atoms with van der Waals surface area (Å²) in [5, 5.41) is 17.8. The third kappa shape index (κ3) is 7.37. The van der Waals surface area contributed by atoms with Crippen LogP contribution in [0, 0.1) is 6.92 Å². The van der Waals surface area contributed by atoms with E-state index >= 15 is 0 Å². The van der Waals surface area contributed by atoms with E-state index in [1.165, 1.54) is 17.9 Å². The van der Waals surface area contributed by atoms with Gasteiger partial charge in [0.05, 0.1) is 29.7 Å². The summed E-state index contributed by atoms with van der Waals surface area (Å²) in [6.07, 6.45) is -3.63.